The molecule has 29 heavy (non-hydrogen) atoms. The minimum Gasteiger partial charge on any atom is -0.422 e. The molecule has 0 aliphatic heterocycles. The van der Waals surface area contributed by atoms with E-state index in [1.807, 2.05) is 13.0 Å². The molecule has 0 aliphatic rings. The number of hydrogen-bond acceptors (Lipinski definition) is 4. The third kappa shape index (κ3) is 5.58. The molecule has 0 radical (unpaired) electrons. The van der Waals surface area contributed by atoms with E-state index in [9.17, 15) is 14.0 Å². The molecule has 3 rings (SSSR count). The number of hydrogen-bond donors (Lipinski definition) is 1. The van der Waals surface area contributed by atoms with Crippen LogP contribution < -0.4 is 10.2 Å². The van der Waals surface area contributed by atoms with Crippen molar-refractivity contribution in [1.29, 1.82) is 0 Å². The number of benzene rings is 3. The van der Waals surface area contributed by atoms with Crippen LogP contribution in [0, 0.1) is 12.7 Å². The maximum absolute atomic E-state index is 12.9. The lowest BCUT2D eigenvalue weighted by Crippen LogP contribution is -2.17. The molecular weight excluding hydrogens is 439 g/mol. The highest BCUT2D eigenvalue weighted by Crippen LogP contribution is 2.23. The fraction of sp³-hybridized carbons (Fsp3) is 0.0455. The third-order valence-electron chi connectivity index (χ3n) is 3.90. The fourth-order valence-electron chi connectivity index (χ4n) is 2.47. The number of esters is 1. The molecule has 146 valence electrons. The zero-order valence-corrected chi connectivity index (χ0v) is 16.9. The van der Waals surface area contributed by atoms with Crippen LogP contribution >= 0.6 is 15.9 Å². The van der Waals surface area contributed by atoms with Crippen LogP contribution in [-0.2, 0) is 0 Å². The summed E-state index contributed by atoms with van der Waals surface area (Å²) >= 11 is 3.36. The molecule has 0 aromatic heterocycles. The van der Waals surface area contributed by atoms with Gasteiger partial charge >= 0.3 is 5.97 Å². The quantitative estimate of drug-likeness (QED) is 0.258. The number of amides is 1. The Morgan fingerprint density at radius 1 is 1.03 bits per heavy atom. The van der Waals surface area contributed by atoms with Crippen molar-refractivity contribution in [3.63, 3.8) is 0 Å². The molecule has 1 amide bonds. The van der Waals surface area contributed by atoms with E-state index in [1.165, 1.54) is 30.5 Å². The van der Waals surface area contributed by atoms with Crippen molar-refractivity contribution in [3.8, 4) is 5.75 Å². The van der Waals surface area contributed by atoms with Crippen molar-refractivity contribution in [2.45, 2.75) is 6.92 Å². The standard InChI is InChI=1S/C22H16BrFN2O3/c1-14-3-2-4-16(11-14)22(28)29-20-10-7-18(23)12-17(20)13-25-26-21(27)15-5-8-19(24)9-6-15/h2-13H,1H3,(H,26,27)/b25-13-. The van der Waals surface area contributed by atoms with E-state index < -0.39 is 17.7 Å². The first-order valence-corrected chi connectivity index (χ1v) is 9.39. The molecule has 0 unspecified atom stereocenters. The Labute approximate surface area is 175 Å². The first-order chi connectivity index (χ1) is 13.9. The van der Waals surface area contributed by atoms with Gasteiger partial charge in [-0.1, -0.05) is 33.6 Å². The zero-order valence-electron chi connectivity index (χ0n) is 15.4. The van der Waals surface area contributed by atoms with Crippen molar-refractivity contribution >= 4 is 34.0 Å². The van der Waals surface area contributed by atoms with E-state index in [1.54, 1.807) is 36.4 Å². The van der Waals surface area contributed by atoms with Crippen molar-refractivity contribution in [2.24, 2.45) is 5.10 Å². The first-order valence-electron chi connectivity index (χ1n) is 8.60. The largest absolute Gasteiger partial charge is 0.422 e. The minimum atomic E-state index is -0.499. The lowest BCUT2D eigenvalue weighted by molar-refractivity contribution is 0.0734. The average molecular weight is 455 g/mol. The van der Waals surface area contributed by atoms with Gasteiger partial charge in [-0.25, -0.2) is 14.6 Å². The summed E-state index contributed by atoms with van der Waals surface area (Å²) in [7, 11) is 0. The van der Waals surface area contributed by atoms with Crippen LogP contribution in [0.1, 0.15) is 31.8 Å². The summed E-state index contributed by atoms with van der Waals surface area (Å²) in [6, 6.07) is 17.2. The molecule has 3 aromatic carbocycles. The summed E-state index contributed by atoms with van der Waals surface area (Å²) in [4.78, 5) is 24.5. The van der Waals surface area contributed by atoms with Crippen LogP contribution in [0.15, 0.2) is 76.3 Å². The number of nitrogens with zero attached hydrogens (tertiary/aromatic N) is 1. The van der Waals surface area contributed by atoms with Crippen LogP contribution in [0.3, 0.4) is 0 Å². The summed E-state index contributed by atoms with van der Waals surface area (Å²) in [5.41, 5.74) is 4.49. The van der Waals surface area contributed by atoms with Gasteiger partial charge in [0.15, 0.2) is 0 Å². The van der Waals surface area contributed by atoms with Crippen LogP contribution in [0.25, 0.3) is 0 Å². The van der Waals surface area contributed by atoms with Crippen LogP contribution in [-0.4, -0.2) is 18.1 Å². The van der Waals surface area contributed by atoms with Gasteiger partial charge in [-0.05, 0) is 61.5 Å². The fourth-order valence-corrected chi connectivity index (χ4v) is 2.85. The molecule has 0 heterocycles. The van der Waals surface area contributed by atoms with Crippen LogP contribution in [0.4, 0.5) is 4.39 Å². The summed E-state index contributed by atoms with van der Waals surface area (Å²) < 4.78 is 19.2. The number of carbonyl (C=O) groups is 2. The van der Waals surface area contributed by atoms with Crippen molar-refractivity contribution in [3.05, 3.63) is 99.3 Å². The Morgan fingerprint density at radius 3 is 2.52 bits per heavy atom. The Morgan fingerprint density at radius 2 is 1.79 bits per heavy atom. The van der Waals surface area contributed by atoms with Gasteiger partial charge in [-0.15, -0.1) is 0 Å². The Balaban J connectivity index is 1.74. The summed E-state index contributed by atoms with van der Waals surface area (Å²) in [5, 5.41) is 3.91. The predicted octanol–water partition coefficient (Wildman–Crippen LogP) is 4.88. The van der Waals surface area contributed by atoms with Gasteiger partial charge in [0.25, 0.3) is 5.91 Å². The lowest BCUT2D eigenvalue weighted by atomic mass is 10.1. The van der Waals surface area contributed by atoms with Crippen molar-refractivity contribution in [2.75, 3.05) is 0 Å². The molecule has 0 aliphatic carbocycles. The molecule has 0 saturated carbocycles. The third-order valence-corrected chi connectivity index (χ3v) is 4.40. The highest BCUT2D eigenvalue weighted by Gasteiger charge is 2.12. The summed E-state index contributed by atoms with van der Waals surface area (Å²) in [6.45, 7) is 1.89. The second-order valence-corrected chi connectivity index (χ2v) is 7.06. The van der Waals surface area contributed by atoms with E-state index in [-0.39, 0.29) is 5.56 Å². The van der Waals surface area contributed by atoms with Crippen LogP contribution in [0.5, 0.6) is 5.75 Å². The first kappa shape index (κ1) is 20.4. The SMILES string of the molecule is Cc1cccc(C(=O)Oc2ccc(Br)cc2/C=N\NC(=O)c2ccc(F)cc2)c1. The molecule has 7 heteroatoms. The van der Waals surface area contributed by atoms with Gasteiger partial charge < -0.3 is 4.74 Å². The van der Waals surface area contributed by atoms with Gasteiger partial charge in [0.05, 0.1) is 11.8 Å². The van der Waals surface area contributed by atoms with Gasteiger partial charge in [0.1, 0.15) is 11.6 Å². The van der Waals surface area contributed by atoms with Gasteiger partial charge in [0.2, 0.25) is 0 Å². The Bertz CT molecular complexity index is 1080. The predicted molar refractivity (Wildman–Crippen MR) is 112 cm³/mol. The molecule has 0 saturated heterocycles. The van der Waals surface area contributed by atoms with E-state index >= 15 is 0 Å². The molecule has 0 spiro atoms. The topological polar surface area (TPSA) is 67.8 Å². The zero-order chi connectivity index (χ0) is 20.8. The average Bonchev–Trinajstić information content (AvgIpc) is 2.70. The van der Waals surface area contributed by atoms with E-state index in [0.717, 1.165) is 10.0 Å². The number of halogens is 2. The van der Waals surface area contributed by atoms with Gasteiger partial charge in [-0.2, -0.15) is 5.10 Å². The molecule has 0 atom stereocenters. The number of ether oxygens (including phenoxy) is 1. The molecule has 1 N–H and O–H groups in total. The van der Waals surface area contributed by atoms with Crippen molar-refractivity contribution < 1.29 is 18.7 Å². The number of aryl methyl sites for hydroxylation is 1. The molecule has 0 fully saturated rings. The molecule has 0 bridgehead atoms. The maximum Gasteiger partial charge on any atom is 0.343 e. The van der Waals surface area contributed by atoms with Gasteiger partial charge in [0, 0.05) is 15.6 Å². The van der Waals surface area contributed by atoms with Gasteiger partial charge in [-0.3, -0.25) is 4.79 Å². The summed E-state index contributed by atoms with van der Waals surface area (Å²) in [6.07, 6.45) is 1.37. The lowest BCUT2D eigenvalue weighted by Gasteiger charge is -2.08. The Kier molecular flexibility index (Phi) is 6.51. The number of hydrazone groups is 1. The number of nitrogens with one attached hydrogen (secondary N) is 1. The van der Waals surface area contributed by atoms with Crippen molar-refractivity contribution in [1.82, 2.24) is 5.43 Å². The second-order valence-electron chi connectivity index (χ2n) is 6.15. The molecule has 3 aromatic rings. The minimum absolute atomic E-state index is 0.267. The number of rotatable bonds is 5. The van der Waals surface area contributed by atoms with E-state index in [2.05, 4.69) is 26.5 Å². The Hall–Kier alpha value is -3.32. The molecular formula is C22H16BrFN2O3. The van der Waals surface area contributed by atoms with E-state index in [4.69, 9.17) is 4.74 Å². The molecule has 5 nitrogen and oxygen atoms in total. The normalized spacial score (nSPS) is 10.7. The highest BCUT2D eigenvalue weighted by atomic mass is 79.9. The monoisotopic (exact) mass is 454 g/mol. The maximum atomic E-state index is 12.9. The number of carbonyl (C=O) groups excluding carboxylic acids is 2. The highest BCUT2D eigenvalue weighted by molar-refractivity contribution is 9.10. The smallest absolute Gasteiger partial charge is 0.343 e. The second kappa shape index (κ2) is 9.25. The summed E-state index contributed by atoms with van der Waals surface area (Å²) in [5.74, 6) is -1.13. The van der Waals surface area contributed by atoms with Crippen LogP contribution in [0.2, 0.25) is 0 Å². The van der Waals surface area contributed by atoms with E-state index in [0.29, 0.717) is 16.9 Å².